The first kappa shape index (κ1) is 9.71. The van der Waals surface area contributed by atoms with Crippen molar-refractivity contribution in [1.29, 1.82) is 0 Å². The minimum Gasteiger partial charge on any atom is -0.399 e. The van der Waals surface area contributed by atoms with Crippen LogP contribution in [-0.2, 0) is 0 Å². The van der Waals surface area contributed by atoms with E-state index in [0.717, 1.165) is 24.0 Å². The van der Waals surface area contributed by atoms with Gasteiger partial charge in [-0.3, -0.25) is 0 Å². The summed E-state index contributed by atoms with van der Waals surface area (Å²) in [7, 11) is 0. The van der Waals surface area contributed by atoms with Crippen LogP contribution >= 0.6 is 11.8 Å². The van der Waals surface area contributed by atoms with Gasteiger partial charge in [-0.1, -0.05) is 6.07 Å². The van der Waals surface area contributed by atoms with Crippen LogP contribution in [0, 0.1) is 0 Å². The van der Waals surface area contributed by atoms with Gasteiger partial charge in [0.05, 0.1) is 0 Å². The van der Waals surface area contributed by atoms with Crippen LogP contribution in [0.4, 0.5) is 11.4 Å². The monoisotopic (exact) mass is 208 g/mol. The fourth-order valence-corrected chi connectivity index (χ4v) is 2.55. The molecule has 1 unspecified atom stereocenters. The molecule has 0 aliphatic carbocycles. The number of hydrogen-bond donors (Lipinski definition) is 1. The molecule has 14 heavy (non-hydrogen) atoms. The average molecular weight is 208 g/mol. The van der Waals surface area contributed by atoms with Crippen molar-refractivity contribution in [1.82, 2.24) is 0 Å². The van der Waals surface area contributed by atoms with Gasteiger partial charge in [0.1, 0.15) is 0 Å². The molecule has 1 aromatic rings. The Morgan fingerprint density at radius 1 is 1.50 bits per heavy atom. The highest BCUT2D eigenvalue weighted by Crippen LogP contribution is 2.26. The second kappa shape index (κ2) is 4.13. The summed E-state index contributed by atoms with van der Waals surface area (Å²) in [6.07, 6.45) is 3.48. The van der Waals surface area contributed by atoms with Crippen molar-refractivity contribution in [3.63, 3.8) is 0 Å². The molecule has 1 heterocycles. The molecule has 1 aromatic carbocycles. The Hall–Kier alpha value is -0.830. The molecular formula is C11H16N2S. The van der Waals surface area contributed by atoms with E-state index in [0.29, 0.717) is 0 Å². The lowest BCUT2D eigenvalue weighted by Crippen LogP contribution is -2.20. The molecule has 1 aliphatic heterocycles. The quantitative estimate of drug-likeness (QED) is 0.756. The smallest absolute Gasteiger partial charge is 0.0387 e. The van der Waals surface area contributed by atoms with E-state index in [1.54, 1.807) is 0 Å². The molecule has 2 N–H and O–H groups in total. The number of rotatable bonds is 2. The fraction of sp³-hybridized carbons (Fsp3) is 0.455. The summed E-state index contributed by atoms with van der Waals surface area (Å²) in [5.74, 6) is 0. The van der Waals surface area contributed by atoms with Gasteiger partial charge < -0.3 is 10.6 Å². The second-order valence-corrected chi connectivity index (χ2v) is 4.83. The van der Waals surface area contributed by atoms with E-state index in [2.05, 4.69) is 23.3 Å². The summed E-state index contributed by atoms with van der Waals surface area (Å²) in [5.41, 5.74) is 7.88. The lowest BCUT2D eigenvalue weighted by molar-refractivity contribution is 0.966. The Kier molecular flexibility index (Phi) is 2.87. The van der Waals surface area contributed by atoms with Gasteiger partial charge in [0.25, 0.3) is 0 Å². The molecule has 3 heteroatoms. The summed E-state index contributed by atoms with van der Waals surface area (Å²) < 4.78 is 0. The number of thioether (sulfide) groups is 1. The van der Waals surface area contributed by atoms with Crippen molar-refractivity contribution in [2.24, 2.45) is 0 Å². The Bertz CT molecular complexity index is 314. The maximum Gasteiger partial charge on any atom is 0.0387 e. The first-order valence-corrected chi connectivity index (χ1v) is 6.21. The molecule has 1 fully saturated rings. The van der Waals surface area contributed by atoms with Crippen LogP contribution in [0.5, 0.6) is 0 Å². The molecule has 2 rings (SSSR count). The highest BCUT2D eigenvalue weighted by molar-refractivity contribution is 7.99. The van der Waals surface area contributed by atoms with E-state index < -0.39 is 0 Å². The summed E-state index contributed by atoms with van der Waals surface area (Å²) >= 11 is 1.96. The third-order valence-corrected chi connectivity index (χ3v) is 3.77. The van der Waals surface area contributed by atoms with E-state index in [1.165, 1.54) is 12.1 Å². The van der Waals surface area contributed by atoms with Gasteiger partial charge in [0.2, 0.25) is 0 Å². The molecule has 0 radical (unpaired) electrons. The highest BCUT2D eigenvalue weighted by atomic mass is 32.2. The largest absolute Gasteiger partial charge is 0.399 e. The normalized spacial score (nSPS) is 21.5. The fourth-order valence-electron chi connectivity index (χ4n) is 1.88. The molecule has 1 aliphatic rings. The predicted octanol–water partition coefficient (Wildman–Crippen LogP) is 2.21. The predicted molar refractivity (Wildman–Crippen MR) is 65.0 cm³/mol. The Labute approximate surface area is 89.5 Å². The third kappa shape index (κ3) is 1.98. The van der Waals surface area contributed by atoms with E-state index in [1.807, 2.05) is 23.9 Å². The van der Waals surface area contributed by atoms with E-state index >= 15 is 0 Å². The molecule has 0 amide bonds. The minimum atomic E-state index is 0.788. The van der Waals surface area contributed by atoms with Crippen molar-refractivity contribution < 1.29 is 0 Å². The first-order chi connectivity index (χ1) is 6.79. The van der Waals surface area contributed by atoms with Gasteiger partial charge in [-0.2, -0.15) is 11.8 Å². The highest BCUT2D eigenvalue weighted by Gasteiger charge is 2.21. The molecule has 0 spiro atoms. The van der Waals surface area contributed by atoms with Crippen LogP contribution in [0.1, 0.15) is 6.42 Å². The number of anilines is 2. The molecule has 2 nitrogen and oxygen atoms in total. The van der Waals surface area contributed by atoms with Gasteiger partial charge in [0.15, 0.2) is 0 Å². The maximum atomic E-state index is 5.76. The van der Waals surface area contributed by atoms with Crippen molar-refractivity contribution in [2.75, 3.05) is 30.0 Å². The molecular weight excluding hydrogens is 192 g/mol. The summed E-state index contributed by atoms with van der Waals surface area (Å²) in [6, 6.07) is 8.16. The molecule has 76 valence electrons. The van der Waals surface area contributed by atoms with Crippen molar-refractivity contribution in [2.45, 2.75) is 11.7 Å². The SMILES string of the molecule is CSC1CCN(c2cccc(N)c2)C1. The van der Waals surface area contributed by atoms with Crippen LogP contribution in [0.25, 0.3) is 0 Å². The van der Waals surface area contributed by atoms with Crippen molar-refractivity contribution in [3.8, 4) is 0 Å². The second-order valence-electron chi connectivity index (χ2n) is 3.69. The van der Waals surface area contributed by atoms with Crippen LogP contribution in [0.15, 0.2) is 24.3 Å². The maximum absolute atomic E-state index is 5.76. The van der Waals surface area contributed by atoms with Crippen LogP contribution in [0.3, 0.4) is 0 Å². The first-order valence-electron chi connectivity index (χ1n) is 4.93. The number of nitrogens with zero attached hydrogens (tertiary/aromatic N) is 1. The third-order valence-electron chi connectivity index (χ3n) is 2.71. The molecule has 0 aromatic heterocycles. The number of nitrogen functional groups attached to an aromatic ring is 1. The Morgan fingerprint density at radius 3 is 3.00 bits per heavy atom. The number of benzene rings is 1. The summed E-state index contributed by atoms with van der Waals surface area (Å²) in [4.78, 5) is 2.41. The topological polar surface area (TPSA) is 29.3 Å². The molecule has 1 atom stereocenters. The minimum absolute atomic E-state index is 0.788. The Balaban J connectivity index is 2.09. The van der Waals surface area contributed by atoms with Crippen LogP contribution in [-0.4, -0.2) is 24.6 Å². The van der Waals surface area contributed by atoms with E-state index in [-0.39, 0.29) is 0 Å². The standard InChI is InChI=1S/C11H16N2S/c1-14-11-5-6-13(8-11)10-4-2-3-9(12)7-10/h2-4,7,11H,5-6,8,12H2,1H3. The zero-order valence-corrected chi connectivity index (χ0v) is 9.26. The Morgan fingerprint density at radius 2 is 2.36 bits per heavy atom. The zero-order chi connectivity index (χ0) is 9.97. The van der Waals surface area contributed by atoms with Gasteiger partial charge in [-0.15, -0.1) is 0 Å². The number of nitrogens with two attached hydrogens (primary N) is 1. The lowest BCUT2D eigenvalue weighted by atomic mass is 10.2. The van der Waals surface area contributed by atoms with Crippen LogP contribution < -0.4 is 10.6 Å². The van der Waals surface area contributed by atoms with Gasteiger partial charge in [-0.05, 0) is 30.9 Å². The van der Waals surface area contributed by atoms with Crippen LogP contribution in [0.2, 0.25) is 0 Å². The lowest BCUT2D eigenvalue weighted by Gasteiger charge is -2.18. The van der Waals surface area contributed by atoms with Crippen molar-refractivity contribution in [3.05, 3.63) is 24.3 Å². The van der Waals surface area contributed by atoms with E-state index in [4.69, 9.17) is 5.73 Å². The van der Waals surface area contributed by atoms with Gasteiger partial charge in [-0.25, -0.2) is 0 Å². The molecule has 0 bridgehead atoms. The van der Waals surface area contributed by atoms with E-state index in [9.17, 15) is 0 Å². The van der Waals surface area contributed by atoms with Gasteiger partial charge in [0, 0.05) is 29.7 Å². The molecule has 1 saturated heterocycles. The van der Waals surface area contributed by atoms with Gasteiger partial charge >= 0.3 is 0 Å². The molecule has 0 saturated carbocycles. The summed E-state index contributed by atoms with van der Waals surface area (Å²) in [6.45, 7) is 2.32. The average Bonchev–Trinajstić information content (AvgIpc) is 2.66. The zero-order valence-electron chi connectivity index (χ0n) is 8.44. The summed E-state index contributed by atoms with van der Waals surface area (Å²) in [5, 5.41) is 0.788. The van der Waals surface area contributed by atoms with Crippen molar-refractivity contribution >= 4 is 23.1 Å². The number of hydrogen-bond acceptors (Lipinski definition) is 3.